The van der Waals surface area contributed by atoms with Gasteiger partial charge in [0, 0.05) is 10.7 Å². The van der Waals surface area contributed by atoms with Crippen LogP contribution in [-0.4, -0.2) is 18.4 Å². The minimum Gasteiger partial charge on any atom is -0.228 e. The minimum atomic E-state index is -3.74. The molecule has 68 valence electrons. The van der Waals surface area contributed by atoms with Crippen molar-refractivity contribution < 1.29 is 8.42 Å². The van der Waals surface area contributed by atoms with E-state index in [9.17, 15) is 8.42 Å². The van der Waals surface area contributed by atoms with Gasteiger partial charge in [-0.1, -0.05) is 5.92 Å². The maximum atomic E-state index is 10.8. The molecule has 0 fully saturated rings. The Morgan fingerprint density at radius 3 is 2.31 bits per heavy atom. The Labute approximate surface area is 80.4 Å². The Bertz CT molecular complexity index is 456. The van der Waals surface area contributed by atoms with E-state index in [0.29, 0.717) is 0 Å². The lowest BCUT2D eigenvalue weighted by Crippen LogP contribution is -1.95. The average Bonchev–Trinajstić information content (AvgIpc) is 2.04. The van der Waals surface area contributed by atoms with Crippen molar-refractivity contribution in [3.63, 3.8) is 0 Å². The van der Waals surface area contributed by atoms with Crippen LogP contribution in [-0.2, 0) is 9.05 Å². The maximum Gasteiger partial charge on any atom is 0.264 e. The van der Waals surface area contributed by atoms with Crippen LogP contribution >= 0.6 is 10.7 Å². The quantitative estimate of drug-likeness (QED) is 0.514. The van der Waals surface area contributed by atoms with Crippen molar-refractivity contribution in [2.45, 2.75) is 11.8 Å². The molecular formula is C7H5ClN2O2S. The van der Waals surface area contributed by atoms with Crippen LogP contribution in [0.3, 0.4) is 0 Å². The Morgan fingerprint density at radius 2 is 1.92 bits per heavy atom. The Hall–Kier alpha value is -1.12. The van der Waals surface area contributed by atoms with Crippen LogP contribution < -0.4 is 0 Å². The fourth-order valence-electron chi connectivity index (χ4n) is 0.618. The second-order valence-electron chi connectivity index (χ2n) is 2.06. The van der Waals surface area contributed by atoms with E-state index in [2.05, 4.69) is 21.8 Å². The topological polar surface area (TPSA) is 59.9 Å². The first kappa shape index (κ1) is 9.96. The van der Waals surface area contributed by atoms with E-state index < -0.39 is 9.05 Å². The Kier molecular flexibility index (Phi) is 2.86. The average molecular weight is 217 g/mol. The highest BCUT2D eigenvalue weighted by Gasteiger charge is 2.09. The van der Waals surface area contributed by atoms with E-state index in [1.165, 1.54) is 0 Å². The summed E-state index contributed by atoms with van der Waals surface area (Å²) < 4.78 is 21.5. The summed E-state index contributed by atoms with van der Waals surface area (Å²) in [5.74, 6) is 5.43. The molecule has 0 aliphatic heterocycles. The summed E-state index contributed by atoms with van der Waals surface area (Å²) in [5, 5.41) is 0. The molecule has 1 heterocycles. The van der Waals surface area contributed by atoms with Crippen molar-refractivity contribution in [2.24, 2.45) is 0 Å². The van der Waals surface area contributed by atoms with Crippen molar-refractivity contribution in [3.05, 3.63) is 18.2 Å². The zero-order valence-electron chi connectivity index (χ0n) is 6.65. The summed E-state index contributed by atoms with van der Waals surface area (Å²) in [4.78, 5) is 7.24. The predicted molar refractivity (Wildman–Crippen MR) is 47.6 cm³/mol. The fraction of sp³-hybridized carbons (Fsp3) is 0.143. The molecule has 0 saturated heterocycles. The zero-order chi connectivity index (χ0) is 9.90. The van der Waals surface area contributed by atoms with Crippen molar-refractivity contribution in [3.8, 4) is 11.8 Å². The fourth-order valence-corrected chi connectivity index (χ4v) is 1.21. The monoisotopic (exact) mass is 216 g/mol. The van der Waals surface area contributed by atoms with Crippen LogP contribution in [0.1, 0.15) is 12.7 Å². The predicted octanol–water partition coefficient (Wildman–Crippen LogP) is 0.776. The molecule has 0 amide bonds. The van der Waals surface area contributed by atoms with Crippen LogP contribution in [0, 0.1) is 11.8 Å². The number of aromatic nitrogens is 2. The van der Waals surface area contributed by atoms with Gasteiger partial charge in [0.25, 0.3) is 9.05 Å². The highest BCUT2D eigenvalue weighted by Crippen LogP contribution is 2.11. The van der Waals surface area contributed by atoms with E-state index in [4.69, 9.17) is 10.7 Å². The van der Waals surface area contributed by atoms with Crippen molar-refractivity contribution in [1.29, 1.82) is 0 Å². The van der Waals surface area contributed by atoms with E-state index in [0.717, 1.165) is 12.4 Å². The van der Waals surface area contributed by atoms with Gasteiger partial charge in [-0.05, 0) is 12.8 Å². The van der Waals surface area contributed by atoms with Gasteiger partial charge in [0.2, 0.25) is 5.82 Å². The molecule has 0 bridgehead atoms. The normalized spacial score (nSPS) is 10.3. The second-order valence-corrected chi connectivity index (χ2v) is 4.62. The maximum absolute atomic E-state index is 10.8. The smallest absolute Gasteiger partial charge is 0.228 e. The number of nitrogens with zero attached hydrogens (tertiary/aromatic N) is 2. The highest BCUT2D eigenvalue weighted by atomic mass is 35.7. The third kappa shape index (κ3) is 2.68. The van der Waals surface area contributed by atoms with Crippen molar-refractivity contribution in [2.75, 3.05) is 0 Å². The zero-order valence-corrected chi connectivity index (χ0v) is 8.22. The number of hydrogen-bond donors (Lipinski definition) is 0. The van der Waals surface area contributed by atoms with Crippen LogP contribution in [0.4, 0.5) is 0 Å². The molecule has 1 aromatic heterocycles. The van der Waals surface area contributed by atoms with Gasteiger partial charge >= 0.3 is 0 Å². The van der Waals surface area contributed by atoms with Gasteiger partial charge in [0.05, 0.1) is 12.4 Å². The van der Waals surface area contributed by atoms with Crippen LogP contribution in [0.15, 0.2) is 17.3 Å². The molecular weight excluding hydrogens is 212 g/mol. The second kappa shape index (κ2) is 3.73. The number of rotatable bonds is 1. The third-order valence-corrected chi connectivity index (χ3v) is 2.45. The first-order valence-electron chi connectivity index (χ1n) is 3.23. The number of hydrogen-bond acceptors (Lipinski definition) is 4. The van der Waals surface area contributed by atoms with Gasteiger partial charge in [-0.25, -0.2) is 18.4 Å². The standard InChI is InChI=1S/C7H5ClN2O2S/c1-2-3-7-9-4-6(5-10-7)13(8,11)12/h4-5H,1H3. The lowest BCUT2D eigenvalue weighted by atomic mass is 10.5. The molecule has 4 nitrogen and oxygen atoms in total. The van der Waals surface area contributed by atoms with Gasteiger partial charge in [-0.15, -0.1) is 0 Å². The summed E-state index contributed by atoms with van der Waals surface area (Å²) in [7, 11) is 1.31. The van der Waals surface area contributed by atoms with Crippen LogP contribution in [0.2, 0.25) is 0 Å². The molecule has 1 aromatic rings. The molecule has 0 radical (unpaired) electrons. The summed E-state index contributed by atoms with van der Waals surface area (Å²) in [5.41, 5.74) is 0. The van der Waals surface area contributed by atoms with E-state index in [1.807, 2.05) is 0 Å². The lowest BCUT2D eigenvalue weighted by molar-refractivity contribution is 0.608. The molecule has 6 heteroatoms. The molecule has 0 aliphatic rings. The largest absolute Gasteiger partial charge is 0.264 e. The molecule has 0 spiro atoms. The first-order valence-corrected chi connectivity index (χ1v) is 5.54. The van der Waals surface area contributed by atoms with Gasteiger partial charge in [0.15, 0.2) is 0 Å². The molecule has 0 aliphatic carbocycles. The number of halogens is 1. The Balaban J connectivity index is 3.13. The van der Waals surface area contributed by atoms with E-state index >= 15 is 0 Å². The molecule has 0 aromatic carbocycles. The summed E-state index contributed by atoms with van der Waals surface area (Å²) >= 11 is 0. The molecule has 0 unspecified atom stereocenters. The van der Waals surface area contributed by atoms with Crippen LogP contribution in [0.25, 0.3) is 0 Å². The summed E-state index contributed by atoms with van der Waals surface area (Å²) in [6, 6.07) is 0. The molecule has 1 rings (SSSR count). The van der Waals surface area contributed by atoms with Gasteiger partial charge < -0.3 is 0 Å². The van der Waals surface area contributed by atoms with E-state index in [-0.39, 0.29) is 10.7 Å². The molecule has 0 N–H and O–H groups in total. The summed E-state index contributed by atoms with van der Waals surface area (Å²) in [6.45, 7) is 1.63. The van der Waals surface area contributed by atoms with Crippen LogP contribution in [0.5, 0.6) is 0 Å². The third-order valence-electron chi connectivity index (χ3n) is 1.15. The van der Waals surface area contributed by atoms with Gasteiger partial charge in [-0.2, -0.15) is 0 Å². The summed E-state index contributed by atoms with van der Waals surface area (Å²) in [6.07, 6.45) is 2.24. The molecule has 0 atom stereocenters. The SMILES string of the molecule is CC#Cc1ncc(S(=O)(=O)Cl)cn1. The highest BCUT2D eigenvalue weighted by molar-refractivity contribution is 8.13. The van der Waals surface area contributed by atoms with E-state index in [1.54, 1.807) is 6.92 Å². The lowest BCUT2D eigenvalue weighted by Gasteiger charge is -1.93. The van der Waals surface area contributed by atoms with Gasteiger partial charge in [0.1, 0.15) is 4.90 Å². The van der Waals surface area contributed by atoms with Crippen molar-refractivity contribution >= 4 is 19.7 Å². The Morgan fingerprint density at radius 1 is 1.38 bits per heavy atom. The first-order chi connectivity index (χ1) is 6.04. The van der Waals surface area contributed by atoms with Crippen molar-refractivity contribution in [1.82, 2.24) is 9.97 Å². The minimum absolute atomic E-state index is 0.129. The van der Waals surface area contributed by atoms with Gasteiger partial charge in [-0.3, -0.25) is 0 Å². The molecule has 13 heavy (non-hydrogen) atoms. The molecule has 0 saturated carbocycles.